The highest BCUT2D eigenvalue weighted by Crippen LogP contribution is 2.22. The molecular formula is C23H36N6O3. The van der Waals surface area contributed by atoms with E-state index < -0.39 is 0 Å². The summed E-state index contributed by atoms with van der Waals surface area (Å²) >= 11 is 0. The van der Waals surface area contributed by atoms with Crippen molar-refractivity contribution in [3.05, 3.63) is 33.3 Å². The Balaban J connectivity index is 1.38. The van der Waals surface area contributed by atoms with Crippen molar-refractivity contribution in [2.45, 2.75) is 78.9 Å². The second-order valence-electron chi connectivity index (χ2n) is 9.17. The molecule has 0 radical (unpaired) electrons. The fraction of sp³-hybridized carbons (Fsp3) is 0.739. The van der Waals surface area contributed by atoms with Gasteiger partial charge in [0.1, 0.15) is 11.6 Å². The monoisotopic (exact) mass is 444 g/mol. The molecule has 0 spiro atoms. The van der Waals surface area contributed by atoms with E-state index >= 15 is 0 Å². The molecule has 0 saturated carbocycles. The number of aromatic nitrogens is 4. The summed E-state index contributed by atoms with van der Waals surface area (Å²) in [7, 11) is 0. The summed E-state index contributed by atoms with van der Waals surface area (Å²) < 4.78 is 8.46. The van der Waals surface area contributed by atoms with Gasteiger partial charge in [0.25, 0.3) is 0 Å². The summed E-state index contributed by atoms with van der Waals surface area (Å²) in [4.78, 5) is 30.7. The normalized spacial score (nSPS) is 19.9. The summed E-state index contributed by atoms with van der Waals surface area (Å²) in [6.45, 7) is 12.6. The van der Waals surface area contributed by atoms with Crippen molar-refractivity contribution in [2.75, 3.05) is 26.2 Å². The molecule has 1 amide bonds. The third-order valence-electron chi connectivity index (χ3n) is 7.34. The molecule has 1 fully saturated rings. The first-order valence-electron chi connectivity index (χ1n) is 12.0. The first-order chi connectivity index (χ1) is 15.4. The van der Waals surface area contributed by atoms with E-state index in [9.17, 15) is 9.59 Å². The van der Waals surface area contributed by atoms with Gasteiger partial charge >= 0.3 is 5.69 Å². The topological polar surface area (TPSA) is 89.4 Å². The van der Waals surface area contributed by atoms with Gasteiger partial charge < -0.3 is 9.42 Å². The molecule has 9 nitrogen and oxygen atoms in total. The molecule has 2 aliphatic rings. The van der Waals surface area contributed by atoms with Crippen molar-refractivity contribution in [1.82, 2.24) is 29.3 Å². The molecule has 4 heterocycles. The molecule has 9 heteroatoms. The lowest BCUT2D eigenvalue weighted by atomic mass is 9.98. The van der Waals surface area contributed by atoms with Crippen LogP contribution in [0.15, 0.2) is 9.32 Å². The smallest absolute Gasteiger partial charge is 0.346 e. The number of carbonyl (C=O) groups is 1. The van der Waals surface area contributed by atoms with Gasteiger partial charge in [-0.15, -0.1) is 0 Å². The summed E-state index contributed by atoms with van der Waals surface area (Å²) in [5, 5.41) is 8.55. The minimum absolute atomic E-state index is 0.0354. The van der Waals surface area contributed by atoms with E-state index in [1.54, 1.807) is 4.57 Å². The van der Waals surface area contributed by atoms with Crippen molar-refractivity contribution in [1.29, 1.82) is 0 Å². The van der Waals surface area contributed by atoms with Crippen LogP contribution in [-0.4, -0.2) is 67.4 Å². The Morgan fingerprint density at radius 1 is 1.09 bits per heavy atom. The molecule has 1 saturated heterocycles. The van der Waals surface area contributed by atoms with E-state index in [-0.39, 0.29) is 17.5 Å². The average molecular weight is 445 g/mol. The zero-order valence-corrected chi connectivity index (χ0v) is 19.8. The first-order valence-corrected chi connectivity index (χ1v) is 12.0. The first kappa shape index (κ1) is 22.8. The lowest BCUT2D eigenvalue weighted by Gasteiger charge is -2.39. The van der Waals surface area contributed by atoms with Crippen LogP contribution in [-0.2, 0) is 24.3 Å². The van der Waals surface area contributed by atoms with E-state index in [0.29, 0.717) is 37.7 Å². The van der Waals surface area contributed by atoms with Gasteiger partial charge in [-0.05, 0) is 39.5 Å². The van der Waals surface area contributed by atoms with Gasteiger partial charge in [-0.2, -0.15) is 5.10 Å². The van der Waals surface area contributed by atoms with Crippen LogP contribution in [0.3, 0.4) is 0 Å². The molecule has 0 aromatic carbocycles. The zero-order valence-electron chi connectivity index (χ0n) is 19.8. The van der Waals surface area contributed by atoms with Gasteiger partial charge in [0, 0.05) is 56.7 Å². The van der Waals surface area contributed by atoms with Gasteiger partial charge in [0.15, 0.2) is 0 Å². The average Bonchev–Trinajstić information content (AvgIpc) is 3.18. The van der Waals surface area contributed by atoms with E-state index in [2.05, 4.69) is 29.0 Å². The third-order valence-corrected chi connectivity index (χ3v) is 7.34. The molecule has 1 atom stereocenters. The van der Waals surface area contributed by atoms with Crippen LogP contribution in [0.5, 0.6) is 0 Å². The maximum absolute atomic E-state index is 13.2. The van der Waals surface area contributed by atoms with Crippen LogP contribution < -0.4 is 5.69 Å². The highest BCUT2D eigenvalue weighted by atomic mass is 16.5. The quantitative estimate of drug-likeness (QED) is 0.677. The summed E-state index contributed by atoms with van der Waals surface area (Å²) in [5.74, 6) is 1.70. The van der Waals surface area contributed by atoms with Crippen LogP contribution in [0.2, 0.25) is 0 Å². The molecule has 2 aromatic heterocycles. The number of rotatable bonds is 6. The Labute approximate surface area is 189 Å². The molecule has 4 rings (SSSR count). The second kappa shape index (κ2) is 9.60. The van der Waals surface area contributed by atoms with Crippen molar-refractivity contribution < 1.29 is 9.32 Å². The summed E-state index contributed by atoms with van der Waals surface area (Å²) in [5.41, 5.74) is 1.57. The number of aryl methyl sites for hydroxylation is 3. The van der Waals surface area contributed by atoms with Crippen LogP contribution in [0.25, 0.3) is 0 Å². The largest absolute Gasteiger partial charge is 0.361 e. The predicted octanol–water partition coefficient (Wildman–Crippen LogP) is 1.98. The zero-order chi connectivity index (χ0) is 22.8. The fourth-order valence-corrected chi connectivity index (χ4v) is 5.23. The standard InChI is InChI=1S/C23H36N6O3/c1-5-19(6-2)26-11-13-27(14-12-26)22(30)18-7-8-21-24-29(23(31)28(21)10-9-18)15-20-16(3)25-32-17(20)4/h18-19H,5-15H2,1-4H3. The number of nitrogens with zero attached hydrogens (tertiary/aromatic N) is 6. The van der Waals surface area contributed by atoms with Gasteiger partial charge in [-0.1, -0.05) is 19.0 Å². The molecule has 0 N–H and O–H groups in total. The highest BCUT2D eigenvalue weighted by molar-refractivity contribution is 5.79. The van der Waals surface area contributed by atoms with Gasteiger partial charge in [-0.3, -0.25) is 14.3 Å². The van der Waals surface area contributed by atoms with Gasteiger partial charge in [-0.25, -0.2) is 9.48 Å². The lowest BCUT2D eigenvalue weighted by molar-refractivity contribution is -0.138. The van der Waals surface area contributed by atoms with Crippen LogP contribution >= 0.6 is 0 Å². The number of fused-ring (bicyclic) bond motifs is 1. The minimum atomic E-state index is -0.119. The molecule has 32 heavy (non-hydrogen) atoms. The highest BCUT2D eigenvalue weighted by Gasteiger charge is 2.31. The van der Waals surface area contributed by atoms with Crippen molar-refractivity contribution in [2.24, 2.45) is 5.92 Å². The number of piperazine rings is 1. The van der Waals surface area contributed by atoms with E-state index in [4.69, 9.17) is 4.52 Å². The van der Waals surface area contributed by atoms with Crippen molar-refractivity contribution >= 4 is 5.91 Å². The fourth-order valence-electron chi connectivity index (χ4n) is 5.23. The third kappa shape index (κ3) is 4.40. The minimum Gasteiger partial charge on any atom is -0.361 e. The Morgan fingerprint density at radius 2 is 1.81 bits per heavy atom. The SMILES string of the molecule is CCC(CC)N1CCN(C(=O)C2CCc3nn(Cc4c(C)noc4C)c(=O)n3CC2)CC1. The van der Waals surface area contributed by atoms with E-state index in [1.165, 1.54) is 4.68 Å². The molecule has 2 aromatic rings. The number of carbonyl (C=O) groups excluding carboxylic acids is 1. The molecule has 1 unspecified atom stereocenters. The van der Waals surface area contributed by atoms with Crippen LogP contribution in [0.1, 0.15) is 62.4 Å². The number of amides is 1. The number of hydrogen-bond acceptors (Lipinski definition) is 6. The predicted molar refractivity (Wildman–Crippen MR) is 121 cm³/mol. The Hall–Kier alpha value is -2.42. The molecular weight excluding hydrogens is 408 g/mol. The Kier molecular flexibility index (Phi) is 6.83. The maximum Gasteiger partial charge on any atom is 0.346 e. The van der Waals surface area contributed by atoms with Crippen LogP contribution in [0, 0.1) is 19.8 Å². The molecule has 2 aliphatic heterocycles. The van der Waals surface area contributed by atoms with E-state index in [1.807, 2.05) is 18.7 Å². The molecule has 0 bridgehead atoms. The Morgan fingerprint density at radius 3 is 2.44 bits per heavy atom. The van der Waals surface area contributed by atoms with Crippen LogP contribution in [0.4, 0.5) is 0 Å². The Bertz CT molecular complexity index is 975. The van der Waals surface area contributed by atoms with E-state index in [0.717, 1.165) is 62.5 Å². The maximum atomic E-state index is 13.2. The summed E-state index contributed by atoms with van der Waals surface area (Å²) in [6.07, 6.45) is 4.40. The second-order valence-corrected chi connectivity index (χ2v) is 9.17. The molecule has 0 aliphatic carbocycles. The van der Waals surface area contributed by atoms with Gasteiger partial charge in [0.05, 0.1) is 12.2 Å². The molecule has 176 valence electrons. The number of hydrogen-bond donors (Lipinski definition) is 0. The van der Waals surface area contributed by atoms with Crippen molar-refractivity contribution in [3.63, 3.8) is 0 Å². The van der Waals surface area contributed by atoms with Crippen molar-refractivity contribution in [3.8, 4) is 0 Å². The summed E-state index contributed by atoms with van der Waals surface area (Å²) in [6, 6.07) is 0.620. The van der Waals surface area contributed by atoms with Gasteiger partial charge in [0.2, 0.25) is 5.91 Å². The lowest BCUT2D eigenvalue weighted by Crippen LogP contribution is -2.53.